The number of benzene rings is 2. The van der Waals surface area contributed by atoms with E-state index in [0.717, 1.165) is 22.3 Å². The molecule has 0 fully saturated rings. The molecule has 4 heteroatoms. The van der Waals surface area contributed by atoms with Crippen molar-refractivity contribution in [2.45, 2.75) is 32.8 Å². The molecule has 3 rings (SSSR count). The third-order valence-electron chi connectivity index (χ3n) is 3.88. The van der Waals surface area contributed by atoms with E-state index in [1.807, 2.05) is 63.2 Å². The highest BCUT2D eigenvalue weighted by Gasteiger charge is 2.25. The maximum Gasteiger partial charge on any atom is 0.407 e. The van der Waals surface area contributed by atoms with Gasteiger partial charge in [-0.05, 0) is 44.0 Å². The Morgan fingerprint density at radius 1 is 1.04 bits per heavy atom. The fraction of sp³-hybridized carbons (Fsp3) is 0.273. The number of carbonyl (C=O) groups excluding carboxylic acids is 2. The lowest BCUT2D eigenvalue weighted by molar-refractivity contribution is 0.0529. The van der Waals surface area contributed by atoms with E-state index in [0.29, 0.717) is 18.5 Å². The number of rotatable bonds is 2. The first kappa shape index (κ1) is 17.8. The molecule has 0 unspecified atom stereocenters. The van der Waals surface area contributed by atoms with E-state index in [4.69, 9.17) is 4.74 Å². The summed E-state index contributed by atoms with van der Waals surface area (Å²) < 4.78 is 5.16. The van der Waals surface area contributed by atoms with Crippen molar-refractivity contribution in [2.24, 2.45) is 0 Å². The van der Waals surface area contributed by atoms with Gasteiger partial charge in [0.1, 0.15) is 5.60 Å². The standard InChI is InChI=1S/C22H21NO3/c1-22(2,3)26-21(25)23-13-7-6-8-15-11-12-17-16-9-4-5-10-18(16)20(24)19(17)14-15/h4-5,9-12,14H,7,13H2,1-3H3,(H,23,25). The summed E-state index contributed by atoms with van der Waals surface area (Å²) in [5.74, 6) is 6.11. The number of nitrogens with one attached hydrogen (secondary N) is 1. The Morgan fingerprint density at radius 3 is 2.46 bits per heavy atom. The van der Waals surface area contributed by atoms with E-state index in [1.54, 1.807) is 0 Å². The lowest BCUT2D eigenvalue weighted by Gasteiger charge is -2.19. The Morgan fingerprint density at radius 2 is 1.73 bits per heavy atom. The van der Waals surface area contributed by atoms with Crippen molar-refractivity contribution >= 4 is 11.9 Å². The number of ketones is 1. The quantitative estimate of drug-likeness (QED) is 0.559. The molecule has 0 bridgehead atoms. The Kier molecular flexibility index (Phi) is 4.81. The summed E-state index contributed by atoms with van der Waals surface area (Å²) >= 11 is 0. The van der Waals surface area contributed by atoms with Gasteiger partial charge in [0.2, 0.25) is 0 Å². The van der Waals surface area contributed by atoms with Crippen molar-refractivity contribution in [3.05, 3.63) is 59.2 Å². The largest absolute Gasteiger partial charge is 0.444 e. The fourth-order valence-corrected chi connectivity index (χ4v) is 2.81. The zero-order valence-electron chi connectivity index (χ0n) is 15.2. The number of ether oxygens (including phenoxy) is 1. The van der Waals surface area contributed by atoms with Crippen molar-refractivity contribution in [3.8, 4) is 23.0 Å². The van der Waals surface area contributed by atoms with Crippen LogP contribution < -0.4 is 5.32 Å². The van der Waals surface area contributed by atoms with Gasteiger partial charge in [-0.3, -0.25) is 4.79 Å². The van der Waals surface area contributed by atoms with Crippen LogP contribution in [0.4, 0.5) is 4.79 Å². The molecule has 4 nitrogen and oxygen atoms in total. The second kappa shape index (κ2) is 7.05. The molecular weight excluding hydrogens is 326 g/mol. The molecule has 0 spiro atoms. The molecule has 0 saturated heterocycles. The minimum atomic E-state index is -0.510. The maximum absolute atomic E-state index is 12.5. The van der Waals surface area contributed by atoms with Crippen molar-refractivity contribution < 1.29 is 14.3 Å². The summed E-state index contributed by atoms with van der Waals surface area (Å²) in [6.07, 6.45) is 0.0602. The monoisotopic (exact) mass is 347 g/mol. The van der Waals surface area contributed by atoms with Crippen LogP contribution in [0.3, 0.4) is 0 Å². The number of hydrogen-bond donors (Lipinski definition) is 1. The average Bonchev–Trinajstić information content (AvgIpc) is 2.86. The van der Waals surface area contributed by atoms with Crippen molar-refractivity contribution in [1.82, 2.24) is 5.32 Å². The summed E-state index contributed by atoms with van der Waals surface area (Å²) in [5.41, 5.74) is 3.67. The Labute approximate surface area is 153 Å². The predicted octanol–water partition coefficient (Wildman–Crippen LogP) is 4.16. The zero-order valence-corrected chi connectivity index (χ0v) is 15.2. The SMILES string of the molecule is CC(C)(C)OC(=O)NCCC#Cc1ccc2c(c1)C(=O)c1ccccc1-2. The van der Waals surface area contributed by atoms with Crippen molar-refractivity contribution in [3.63, 3.8) is 0 Å². The molecule has 2 aromatic carbocycles. The summed E-state index contributed by atoms with van der Waals surface area (Å²) in [4.78, 5) is 24.0. The highest BCUT2D eigenvalue weighted by atomic mass is 16.6. The van der Waals surface area contributed by atoms with Crippen LogP contribution in [0.15, 0.2) is 42.5 Å². The summed E-state index contributed by atoms with van der Waals surface area (Å²) in [6, 6.07) is 13.3. The smallest absolute Gasteiger partial charge is 0.407 e. The molecule has 0 aliphatic heterocycles. The Hall–Kier alpha value is -3.06. The van der Waals surface area contributed by atoms with E-state index in [2.05, 4.69) is 17.2 Å². The molecule has 26 heavy (non-hydrogen) atoms. The molecule has 0 aromatic heterocycles. The Balaban J connectivity index is 1.61. The minimum Gasteiger partial charge on any atom is -0.444 e. The number of carbonyl (C=O) groups is 2. The third-order valence-corrected chi connectivity index (χ3v) is 3.88. The first-order valence-corrected chi connectivity index (χ1v) is 8.59. The second-order valence-corrected chi connectivity index (χ2v) is 7.12. The number of hydrogen-bond acceptors (Lipinski definition) is 3. The Bertz CT molecular complexity index is 926. The molecule has 0 heterocycles. The number of fused-ring (bicyclic) bond motifs is 3. The highest BCUT2D eigenvalue weighted by Crippen LogP contribution is 2.36. The van der Waals surface area contributed by atoms with E-state index in [-0.39, 0.29) is 5.78 Å². The van der Waals surface area contributed by atoms with Gasteiger partial charge in [0.15, 0.2) is 5.78 Å². The van der Waals surface area contributed by atoms with Crippen LogP contribution in [0.1, 0.15) is 48.7 Å². The van der Waals surface area contributed by atoms with Crippen LogP contribution in [0.5, 0.6) is 0 Å². The summed E-state index contributed by atoms with van der Waals surface area (Å²) in [6.45, 7) is 5.87. The van der Waals surface area contributed by atoms with Gasteiger partial charge in [-0.2, -0.15) is 0 Å². The van der Waals surface area contributed by atoms with Crippen LogP contribution in [0, 0.1) is 11.8 Å². The predicted molar refractivity (Wildman–Crippen MR) is 101 cm³/mol. The lowest BCUT2D eigenvalue weighted by Crippen LogP contribution is -2.32. The topological polar surface area (TPSA) is 55.4 Å². The molecule has 1 N–H and O–H groups in total. The number of amides is 1. The van der Waals surface area contributed by atoms with Crippen molar-refractivity contribution in [1.29, 1.82) is 0 Å². The normalized spacial score (nSPS) is 11.9. The second-order valence-electron chi connectivity index (χ2n) is 7.12. The van der Waals surface area contributed by atoms with Crippen LogP contribution in [-0.4, -0.2) is 24.0 Å². The van der Waals surface area contributed by atoms with Gasteiger partial charge >= 0.3 is 6.09 Å². The first-order chi connectivity index (χ1) is 12.3. The third kappa shape index (κ3) is 3.94. The fourth-order valence-electron chi connectivity index (χ4n) is 2.81. The van der Waals surface area contributed by atoms with Gasteiger partial charge in [0.25, 0.3) is 0 Å². The van der Waals surface area contributed by atoms with Crippen molar-refractivity contribution in [2.75, 3.05) is 6.54 Å². The van der Waals surface area contributed by atoms with Gasteiger partial charge in [-0.1, -0.05) is 42.2 Å². The molecule has 1 amide bonds. The van der Waals surface area contributed by atoms with E-state index < -0.39 is 11.7 Å². The molecule has 132 valence electrons. The van der Waals surface area contributed by atoms with E-state index in [9.17, 15) is 9.59 Å². The molecule has 1 aliphatic rings. The van der Waals surface area contributed by atoms with Crippen LogP contribution in [0.25, 0.3) is 11.1 Å². The van der Waals surface area contributed by atoms with E-state index in [1.165, 1.54) is 0 Å². The zero-order chi connectivity index (χ0) is 18.7. The molecule has 0 atom stereocenters. The first-order valence-electron chi connectivity index (χ1n) is 8.59. The lowest BCUT2D eigenvalue weighted by atomic mass is 10.0. The molecule has 0 saturated carbocycles. The van der Waals surface area contributed by atoms with Gasteiger partial charge < -0.3 is 10.1 Å². The molecule has 0 radical (unpaired) electrons. The molecule has 2 aromatic rings. The average molecular weight is 347 g/mol. The maximum atomic E-state index is 12.5. The number of alkyl carbamates (subject to hydrolysis) is 1. The molecular formula is C22H21NO3. The van der Waals surface area contributed by atoms with Gasteiger partial charge in [-0.15, -0.1) is 0 Å². The minimum absolute atomic E-state index is 0.0471. The summed E-state index contributed by atoms with van der Waals surface area (Å²) in [5, 5.41) is 2.67. The molecule has 1 aliphatic carbocycles. The van der Waals surface area contributed by atoms with Gasteiger partial charge in [0, 0.05) is 29.7 Å². The van der Waals surface area contributed by atoms with E-state index >= 15 is 0 Å². The summed E-state index contributed by atoms with van der Waals surface area (Å²) in [7, 11) is 0. The van der Waals surface area contributed by atoms with Crippen LogP contribution >= 0.6 is 0 Å². The van der Waals surface area contributed by atoms with Crippen LogP contribution in [0.2, 0.25) is 0 Å². The highest BCUT2D eigenvalue weighted by molar-refractivity contribution is 6.21. The van der Waals surface area contributed by atoms with Gasteiger partial charge in [-0.25, -0.2) is 4.79 Å². The van der Waals surface area contributed by atoms with Crippen LogP contribution in [-0.2, 0) is 4.74 Å². The van der Waals surface area contributed by atoms with Gasteiger partial charge in [0.05, 0.1) is 0 Å².